The van der Waals surface area contributed by atoms with Gasteiger partial charge in [0.1, 0.15) is 17.1 Å². The van der Waals surface area contributed by atoms with Crippen LogP contribution in [0.4, 0.5) is 0 Å². The van der Waals surface area contributed by atoms with E-state index in [9.17, 15) is 9.59 Å². The lowest BCUT2D eigenvalue weighted by molar-refractivity contribution is 0.0524. The van der Waals surface area contributed by atoms with E-state index >= 15 is 0 Å². The number of aryl methyl sites for hydroxylation is 1. The molecule has 4 heteroatoms. The van der Waals surface area contributed by atoms with Crippen molar-refractivity contribution in [2.24, 2.45) is 0 Å². The van der Waals surface area contributed by atoms with E-state index in [0.29, 0.717) is 17.1 Å². The minimum Gasteiger partial charge on any atom is -0.462 e. The average molecular weight is 272 g/mol. The standard InChI is InChI=1S/C16H16O4/c1-4-19-16(18)14-13(10(2)17)11(3)20-15(14)12-8-6-5-7-9-12/h5-9H,4H2,1-3H3. The zero-order chi connectivity index (χ0) is 14.7. The van der Waals surface area contributed by atoms with Crippen molar-refractivity contribution in [3.05, 3.63) is 47.2 Å². The summed E-state index contributed by atoms with van der Waals surface area (Å²) in [7, 11) is 0. The summed E-state index contributed by atoms with van der Waals surface area (Å²) in [5, 5.41) is 0. The van der Waals surface area contributed by atoms with E-state index in [4.69, 9.17) is 9.15 Å². The van der Waals surface area contributed by atoms with Crippen LogP contribution >= 0.6 is 0 Å². The first kappa shape index (κ1) is 14.1. The SMILES string of the molecule is CCOC(=O)c1c(-c2ccccc2)oc(C)c1C(C)=O. The monoisotopic (exact) mass is 272 g/mol. The van der Waals surface area contributed by atoms with Crippen molar-refractivity contribution in [1.29, 1.82) is 0 Å². The summed E-state index contributed by atoms with van der Waals surface area (Å²) >= 11 is 0. The Morgan fingerprint density at radius 1 is 1.15 bits per heavy atom. The second-order valence-corrected chi connectivity index (χ2v) is 4.38. The Morgan fingerprint density at radius 3 is 2.35 bits per heavy atom. The smallest absolute Gasteiger partial charge is 0.342 e. The number of benzene rings is 1. The molecule has 2 aromatic rings. The summed E-state index contributed by atoms with van der Waals surface area (Å²) in [5.74, 6) is 0.0658. The number of hydrogen-bond donors (Lipinski definition) is 0. The molecule has 0 aliphatic carbocycles. The molecule has 0 N–H and O–H groups in total. The van der Waals surface area contributed by atoms with Gasteiger partial charge in [-0.1, -0.05) is 30.3 Å². The van der Waals surface area contributed by atoms with Crippen molar-refractivity contribution in [2.45, 2.75) is 20.8 Å². The van der Waals surface area contributed by atoms with E-state index in [1.807, 2.05) is 30.3 Å². The molecule has 20 heavy (non-hydrogen) atoms. The number of rotatable bonds is 4. The normalized spacial score (nSPS) is 10.3. The number of ether oxygens (including phenoxy) is 1. The summed E-state index contributed by atoms with van der Waals surface area (Å²) in [6, 6.07) is 9.20. The molecule has 4 nitrogen and oxygen atoms in total. The Labute approximate surface area is 117 Å². The highest BCUT2D eigenvalue weighted by Gasteiger charge is 2.28. The molecule has 0 saturated carbocycles. The zero-order valence-electron chi connectivity index (χ0n) is 11.7. The molecule has 104 valence electrons. The molecule has 0 unspecified atom stereocenters. The van der Waals surface area contributed by atoms with Gasteiger partial charge in [0.25, 0.3) is 0 Å². The largest absolute Gasteiger partial charge is 0.462 e. The van der Waals surface area contributed by atoms with Crippen LogP contribution in [0.25, 0.3) is 11.3 Å². The van der Waals surface area contributed by atoms with Gasteiger partial charge in [0.15, 0.2) is 5.78 Å². The fraction of sp³-hybridized carbons (Fsp3) is 0.250. The van der Waals surface area contributed by atoms with Gasteiger partial charge in [-0.15, -0.1) is 0 Å². The third-order valence-electron chi connectivity index (χ3n) is 2.95. The number of ketones is 1. The summed E-state index contributed by atoms with van der Waals surface area (Å²) in [4.78, 5) is 23.9. The van der Waals surface area contributed by atoms with Crippen LogP contribution in [0.15, 0.2) is 34.7 Å². The Balaban J connectivity index is 2.66. The van der Waals surface area contributed by atoms with Crippen molar-refractivity contribution in [3.63, 3.8) is 0 Å². The lowest BCUT2D eigenvalue weighted by Crippen LogP contribution is -2.10. The number of furan rings is 1. The maximum atomic E-state index is 12.1. The Morgan fingerprint density at radius 2 is 1.80 bits per heavy atom. The van der Waals surface area contributed by atoms with Gasteiger partial charge in [0.05, 0.1) is 12.2 Å². The summed E-state index contributed by atoms with van der Waals surface area (Å²) in [6.45, 7) is 5.05. The van der Waals surface area contributed by atoms with Crippen LogP contribution in [0, 0.1) is 6.92 Å². The van der Waals surface area contributed by atoms with Gasteiger partial charge in [-0.25, -0.2) is 4.79 Å². The lowest BCUT2D eigenvalue weighted by atomic mass is 10.0. The highest BCUT2D eigenvalue weighted by atomic mass is 16.5. The molecule has 0 bridgehead atoms. The molecule has 0 radical (unpaired) electrons. The number of carbonyl (C=O) groups is 2. The number of carbonyl (C=O) groups excluding carboxylic acids is 2. The molecular weight excluding hydrogens is 256 g/mol. The maximum Gasteiger partial charge on any atom is 0.342 e. The van der Waals surface area contributed by atoms with E-state index in [2.05, 4.69) is 0 Å². The molecule has 0 aliphatic heterocycles. The van der Waals surface area contributed by atoms with Crippen molar-refractivity contribution in [1.82, 2.24) is 0 Å². The minimum atomic E-state index is -0.534. The third kappa shape index (κ3) is 2.50. The Kier molecular flexibility index (Phi) is 4.03. The van der Waals surface area contributed by atoms with E-state index in [1.54, 1.807) is 13.8 Å². The van der Waals surface area contributed by atoms with Crippen molar-refractivity contribution < 1.29 is 18.7 Å². The fourth-order valence-corrected chi connectivity index (χ4v) is 2.16. The maximum absolute atomic E-state index is 12.1. The minimum absolute atomic E-state index is 0.211. The topological polar surface area (TPSA) is 56.5 Å². The van der Waals surface area contributed by atoms with Crippen molar-refractivity contribution in [2.75, 3.05) is 6.61 Å². The average Bonchev–Trinajstić information content (AvgIpc) is 2.78. The molecule has 0 amide bonds. The van der Waals surface area contributed by atoms with Gasteiger partial charge in [-0.05, 0) is 20.8 Å². The first-order valence-corrected chi connectivity index (χ1v) is 6.43. The second kappa shape index (κ2) is 5.74. The van der Waals surface area contributed by atoms with Crippen LogP contribution in [0.1, 0.15) is 40.3 Å². The molecule has 0 aliphatic rings. The van der Waals surface area contributed by atoms with E-state index in [0.717, 1.165) is 5.56 Å². The van der Waals surface area contributed by atoms with Gasteiger partial charge >= 0.3 is 5.97 Å². The Hall–Kier alpha value is -2.36. The van der Waals surface area contributed by atoms with Gasteiger partial charge in [0, 0.05) is 5.56 Å². The molecule has 0 atom stereocenters. The lowest BCUT2D eigenvalue weighted by Gasteiger charge is -2.04. The summed E-state index contributed by atoms with van der Waals surface area (Å²) in [5.41, 5.74) is 1.25. The molecule has 0 saturated heterocycles. The number of Topliss-reactive ketones (excluding diaryl/α,β-unsaturated/α-hetero) is 1. The number of hydrogen-bond acceptors (Lipinski definition) is 4. The molecule has 0 fully saturated rings. The van der Waals surface area contributed by atoms with Gasteiger partial charge < -0.3 is 9.15 Å². The van der Waals surface area contributed by atoms with E-state index in [-0.39, 0.29) is 18.0 Å². The fourth-order valence-electron chi connectivity index (χ4n) is 2.16. The first-order valence-electron chi connectivity index (χ1n) is 6.43. The highest BCUT2D eigenvalue weighted by Crippen LogP contribution is 2.32. The van der Waals surface area contributed by atoms with E-state index in [1.165, 1.54) is 6.92 Å². The highest BCUT2D eigenvalue weighted by molar-refractivity contribution is 6.09. The number of esters is 1. The molecule has 1 aromatic carbocycles. The summed E-state index contributed by atoms with van der Waals surface area (Å²) < 4.78 is 10.7. The van der Waals surface area contributed by atoms with Gasteiger partial charge in [-0.2, -0.15) is 0 Å². The zero-order valence-corrected chi connectivity index (χ0v) is 11.7. The van der Waals surface area contributed by atoms with Crippen molar-refractivity contribution >= 4 is 11.8 Å². The molecule has 2 rings (SSSR count). The van der Waals surface area contributed by atoms with E-state index < -0.39 is 5.97 Å². The van der Waals surface area contributed by atoms with Crippen LogP contribution in [0.5, 0.6) is 0 Å². The van der Waals surface area contributed by atoms with Crippen LogP contribution in [0.2, 0.25) is 0 Å². The van der Waals surface area contributed by atoms with Gasteiger partial charge in [0.2, 0.25) is 0 Å². The molecule has 1 aromatic heterocycles. The molecule has 1 heterocycles. The first-order chi connectivity index (χ1) is 9.56. The molecular formula is C16H16O4. The third-order valence-corrected chi connectivity index (χ3v) is 2.95. The molecule has 0 spiro atoms. The predicted octanol–water partition coefficient (Wildman–Crippen LogP) is 3.63. The second-order valence-electron chi connectivity index (χ2n) is 4.38. The quantitative estimate of drug-likeness (QED) is 0.630. The van der Waals surface area contributed by atoms with Gasteiger partial charge in [-0.3, -0.25) is 4.79 Å². The van der Waals surface area contributed by atoms with Crippen LogP contribution in [0.3, 0.4) is 0 Å². The van der Waals surface area contributed by atoms with Crippen LogP contribution in [-0.4, -0.2) is 18.4 Å². The summed E-state index contributed by atoms with van der Waals surface area (Å²) in [6.07, 6.45) is 0. The predicted molar refractivity (Wildman–Crippen MR) is 74.8 cm³/mol. The Bertz CT molecular complexity index is 638. The van der Waals surface area contributed by atoms with Crippen LogP contribution in [-0.2, 0) is 4.74 Å². The van der Waals surface area contributed by atoms with Crippen molar-refractivity contribution in [3.8, 4) is 11.3 Å². The van der Waals surface area contributed by atoms with Crippen LogP contribution < -0.4 is 0 Å².